The molecular weight excluding hydrogens is 447 g/mol. The van der Waals surface area contributed by atoms with Gasteiger partial charge in [0.1, 0.15) is 0 Å². The zero-order valence-corrected chi connectivity index (χ0v) is 16.9. The molecule has 0 bridgehead atoms. The molecule has 2 N–H and O–H groups in total. The predicted molar refractivity (Wildman–Crippen MR) is 123 cm³/mol. The van der Waals surface area contributed by atoms with E-state index in [4.69, 9.17) is 0 Å². The Bertz CT molecular complexity index is 1610. The summed E-state index contributed by atoms with van der Waals surface area (Å²) in [6.45, 7) is 0. The van der Waals surface area contributed by atoms with E-state index in [2.05, 4.69) is 0 Å². The van der Waals surface area contributed by atoms with E-state index in [9.17, 15) is 25.9 Å². The van der Waals surface area contributed by atoms with Gasteiger partial charge in [-0.25, -0.2) is 0 Å². The second-order valence-corrected chi connectivity index (χ2v) is 10.1. The van der Waals surface area contributed by atoms with Crippen LogP contribution in [0.1, 0.15) is 0 Å². The fourth-order valence-corrected chi connectivity index (χ4v) is 4.81. The summed E-state index contributed by atoms with van der Waals surface area (Å²) < 4.78 is 64.3. The first-order chi connectivity index (χ1) is 14.1. The Kier molecular flexibility index (Phi) is 5.38. The van der Waals surface area contributed by atoms with Crippen LogP contribution in [-0.4, -0.2) is 55.5 Å². The van der Waals surface area contributed by atoms with Crippen LogP contribution in [0, 0.1) is 0 Å². The first-order valence-corrected chi connectivity index (χ1v) is 11.8. The molecule has 152 valence electrons. The third-order valence-electron chi connectivity index (χ3n) is 5.24. The maximum absolute atomic E-state index is 11.4. The van der Waals surface area contributed by atoms with Gasteiger partial charge in [0, 0.05) is 0 Å². The Hall–Kier alpha value is -2.04. The number of rotatable bonds is 2. The summed E-state index contributed by atoms with van der Waals surface area (Å²) in [5.74, 6) is 0. The van der Waals surface area contributed by atoms with Gasteiger partial charge in [-0.15, -0.1) is 0 Å². The molecule has 5 aromatic rings. The molecule has 9 heteroatoms. The first-order valence-electron chi connectivity index (χ1n) is 8.88. The Morgan fingerprint density at radius 3 is 0.968 bits per heavy atom. The van der Waals surface area contributed by atoms with E-state index >= 15 is 0 Å². The zero-order valence-electron chi connectivity index (χ0n) is 15.3. The topological polar surface area (TPSA) is 109 Å². The third-order valence-corrected chi connectivity index (χ3v) is 6.94. The van der Waals surface area contributed by atoms with Crippen LogP contribution in [-0.2, 0) is 20.2 Å². The molecule has 0 saturated carbocycles. The van der Waals surface area contributed by atoms with E-state index in [0.717, 1.165) is 32.3 Å². The van der Waals surface area contributed by atoms with Crippen LogP contribution in [0.2, 0.25) is 0 Å². The zero-order chi connectivity index (χ0) is 21.3. The summed E-state index contributed by atoms with van der Waals surface area (Å²) in [5.41, 5.74) is 0. The van der Waals surface area contributed by atoms with Crippen molar-refractivity contribution < 1.29 is 25.9 Å². The van der Waals surface area contributed by atoms with E-state index in [1.165, 1.54) is 24.3 Å². The maximum atomic E-state index is 11.4. The molecule has 31 heavy (non-hydrogen) atoms. The minimum atomic E-state index is -4.28. The van der Waals surface area contributed by atoms with Crippen molar-refractivity contribution in [3.8, 4) is 0 Å². The van der Waals surface area contributed by atoms with E-state index < -0.39 is 20.2 Å². The number of hydrogen-bond donors (Lipinski definition) is 2. The standard InChI is InChI=1S/C22H14O6S2.Na.H/c23-29(24,25)21-3-1-13-5-15-7-18-10-20-12-22(30(26,27)28)4-2-14(20)6-16(18)8-17(15)9-19(13)11-21;;/h1-12H,(H,23,24,25)(H,26,27,28);;. The molecule has 0 fully saturated rings. The summed E-state index contributed by atoms with van der Waals surface area (Å²) >= 11 is 0. The van der Waals surface area contributed by atoms with Crippen molar-refractivity contribution in [2.24, 2.45) is 0 Å². The van der Waals surface area contributed by atoms with E-state index in [1.54, 1.807) is 12.1 Å². The average molecular weight is 462 g/mol. The predicted octanol–water partition coefficient (Wildman–Crippen LogP) is 4.14. The molecule has 0 aliphatic carbocycles. The van der Waals surface area contributed by atoms with Crippen molar-refractivity contribution in [3.63, 3.8) is 0 Å². The van der Waals surface area contributed by atoms with Crippen LogP contribution in [0.15, 0.2) is 82.6 Å². The molecule has 0 aliphatic rings. The van der Waals surface area contributed by atoms with Gasteiger partial charge in [-0.05, 0) is 104 Å². The van der Waals surface area contributed by atoms with Crippen LogP contribution >= 0.6 is 0 Å². The summed E-state index contributed by atoms with van der Waals surface area (Å²) in [5, 5.41) is 6.69. The monoisotopic (exact) mass is 462 g/mol. The van der Waals surface area contributed by atoms with Gasteiger partial charge in [-0.3, -0.25) is 9.11 Å². The molecule has 0 spiro atoms. The number of fused-ring (bicyclic) bond motifs is 4. The summed E-state index contributed by atoms with van der Waals surface area (Å²) in [4.78, 5) is -0.313. The Balaban J connectivity index is 0.00000231. The normalized spacial score (nSPS) is 12.5. The molecule has 0 saturated heterocycles. The third kappa shape index (κ3) is 4.08. The molecule has 0 heterocycles. The Labute approximate surface area is 200 Å². The fraction of sp³-hybridized carbons (Fsp3) is 0. The van der Waals surface area contributed by atoms with Crippen molar-refractivity contribution in [2.75, 3.05) is 0 Å². The Morgan fingerprint density at radius 2 is 0.677 bits per heavy atom. The van der Waals surface area contributed by atoms with Crippen LogP contribution < -0.4 is 0 Å². The molecule has 0 aliphatic heterocycles. The first kappa shape index (κ1) is 22.2. The van der Waals surface area contributed by atoms with Crippen molar-refractivity contribution in [1.29, 1.82) is 0 Å². The van der Waals surface area contributed by atoms with Gasteiger partial charge in [-0.1, -0.05) is 12.1 Å². The van der Waals surface area contributed by atoms with E-state index in [1.807, 2.05) is 36.4 Å². The van der Waals surface area contributed by atoms with Gasteiger partial charge in [0.15, 0.2) is 0 Å². The van der Waals surface area contributed by atoms with Crippen molar-refractivity contribution in [2.45, 2.75) is 9.79 Å². The quantitative estimate of drug-likeness (QED) is 0.232. The molecular formula is C22H15NaO6S2. The number of benzene rings is 5. The molecule has 0 atom stereocenters. The van der Waals surface area contributed by atoms with Crippen LogP contribution in [0.5, 0.6) is 0 Å². The molecule has 5 rings (SSSR count). The van der Waals surface area contributed by atoms with Crippen molar-refractivity contribution >= 4 is 92.9 Å². The fourth-order valence-electron chi connectivity index (χ4n) is 3.78. The van der Waals surface area contributed by atoms with Gasteiger partial charge in [0.05, 0.1) is 9.79 Å². The van der Waals surface area contributed by atoms with Crippen molar-refractivity contribution in [1.82, 2.24) is 0 Å². The van der Waals surface area contributed by atoms with Gasteiger partial charge in [0.2, 0.25) is 0 Å². The minimum absolute atomic E-state index is 0. The van der Waals surface area contributed by atoms with Crippen molar-refractivity contribution in [3.05, 3.63) is 72.8 Å². The number of hydrogen-bond acceptors (Lipinski definition) is 4. The van der Waals surface area contributed by atoms with Crippen LogP contribution in [0.4, 0.5) is 0 Å². The average Bonchev–Trinajstić information content (AvgIpc) is 2.66. The summed E-state index contributed by atoms with van der Waals surface area (Å²) in [6.07, 6.45) is 0. The molecule has 6 nitrogen and oxygen atoms in total. The van der Waals surface area contributed by atoms with E-state index in [-0.39, 0.29) is 39.3 Å². The molecule has 0 unspecified atom stereocenters. The summed E-state index contributed by atoms with van der Waals surface area (Å²) in [7, 11) is -8.56. The molecule has 0 amide bonds. The second kappa shape index (κ2) is 7.53. The summed E-state index contributed by atoms with van der Waals surface area (Å²) in [6, 6.07) is 20.4. The van der Waals surface area contributed by atoms with Gasteiger partial charge in [0.25, 0.3) is 20.2 Å². The SMILES string of the molecule is O=S(=O)(O)c1ccc2cc3cc4cc5cc(S(=O)(=O)O)ccc5cc4cc3cc2c1.[NaH]. The van der Waals surface area contributed by atoms with Crippen LogP contribution in [0.3, 0.4) is 0 Å². The van der Waals surface area contributed by atoms with Gasteiger partial charge < -0.3 is 0 Å². The molecule has 5 aromatic carbocycles. The van der Waals surface area contributed by atoms with Gasteiger partial charge in [-0.2, -0.15) is 16.8 Å². The Morgan fingerprint density at radius 1 is 0.419 bits per heavy atom. The van der Waals surface area contributed by atoms with Crippen LogP contribution in [0.25, 0.3) is 43.1 Å². The molecule has 0 aromatic heterocycles. The van der Waals surface area contributed by atoms with Gasteiger partial charge >= 0.3 is 29.6 Å². The van der Waals surface area contributed by atoms with E-state index in [0.29, 0.717) is 10.8 Å². The second-order valence-electron chi connectivity index (χ2n) is 7.22. The molecule has 0 radical (unpaired) electrons.